The van der Waals surface area contributed by atoms with E-state index in [1.807, 2.05) is 24.0 Å². The molecule has 0 aromatic heterocycles. The molecule has 1 aliphatic rings. The third-order valence-electron chi connectivity index (χ3n) is 4.41. The second kappa shape index (κ2) is 8.39. The van der Waals surface area contributed by atoms with Crippen molar-refractivity contribution in [1.29, 1.82) is 0 Å². The van der Waals surface area contributed by atoms with Crippen LogP contribution in [0.25, 0.3) is 0 Å². The molecule has 1 saturated heterocycles. The second-order valence-corrected chi connectivity index (χ2v) is 6.16. The van der Waals surface area contributed by atoms with E-state index in [9.17, 15) is 4.79 Å². The van der Waals surface area contributed by atoms with Gasteiger partial charge in [-0.25, -0.2) is 0 Å². The Bertz CT molecular complexity index is 478. The van der Waals surface area contributed by atoms with E-state index in [0.29, 0.717) is 6.42 Å². The Morgan fingerprint density at radius 1 is 1.23 bits per heavy atom. The Balaban J connectivity index is 0.00000242. The minimum absolute atomic E-state index is 0. The van der Waals surface area contributed by atoms with E-state index >= 15 is 0 Å². The molecule has 0 N–H and O–H groups in total. The lowest BCUT2D eigenvalue weighted by molar-refractivity contribution is -0.920. The Morgan fingerprint density at radius 3 is 2.50 bits per heavy atom. The SMILES string of the molecule is CCC(=O)N1CCC[N+](C)(Cc2ccc(OC)cc2)CC1.[Cl-]. The fraction of sp³-hybridized carbons (Fsp3) is 0.588. The van der Waals surface area contributed by atoms with Crippen molar-refractivity contribution < 1.29 is 26.4 Å². The van der Waals surface area contributed by atoms with Gasteiger partial charge in [-0.15, -0.1) is 0 Å². The molecule has 1 heterocycles. The van der Waals surface area contributed by atoms with Gasteiger partial charge in [0.25, 0.3) is 0 Å². The third-order valence-corrected chi connectivity index (χ3v) is 4.41. The molecular weight excluding hydrogens is 300 g/mol. The van der Waals surface area contributed by atoms with Gasteiger partial charge in [-0.2, -0.15) is 0 Å². The number of nitrogens with zero attached hydrogens (tertiary/aromatic N) is 2. The first-order valence-electron chi connectivity index (χ1n) is 7.80. The Kier molecular flexibility index (Phi) is 7.17. The molecule has 1 aromatic carbocycles. The van der Waals surface area contributed by atoms with E-state index in [-0.39, 0.29) is 18.3 Å². The number of likely N-dealkylation sites (N-methyl/N-ethyl adjacent to an activating group) is 1. The molecule has 22 heavy (non-hydrogen) atoms. The summed E-state index contributed by atoms with van der Waals surface area (Å²) in [5, 5.41) is 0. The molecule has 0 aliphatic carbocycles. The number of hydrogen-bond acceptors (Lipinski definition) is 2. The van der Waals surface area contributed by atoms with Crippen molar-refractivity contribution in [2.75, 3.05) is 40.3 Å². The van der Waals surface area contributed by atoms with Crippen LogP contribution in [0.4, 0.5) is 0 Å². The molecule has 1 fully saturated rings. The summed E-state index contributed by atoms with van der Waals surface area (Å²) in [6.45, 7) is 6.89. The highest BCUT2D eigenvalue weighted by molar-refractivity contribution is 5.75. The monoisotopic (exact) mass is 326 g/mol. The molecule has 2 rings (SSSR count). The number of ether oxygens (including phenoxy) is 1. The Hall–Kier alpha value is -1.26. The van der Waals surface area contributed by atoms with Gasteiger partial charge >= 0.3 is 0 Å². The van der Waals surface area contributed by atoms with Gasteiger partial charge in [0.05, 0.1) is 33.8 Å². The van der Waals surface area contributed by atoms with Gasteiger partial charge in [0.15, 0.2) is 0 Å². The highest BCUT2D eigenvalue weighted by atomic mass is 35.5. The van der Waals surface area contributed by atoms with E-state index < -0.39 is 0 Å². The standard InChI is InChI=1S/C17H27N2O2.ClH/c1-4-17(20)18-10-5-12-19(2,13-11-18)14-15-6-8-16(21-3)9-7-15;/h6-9H,4-5,10-14H2,1-3H3;1H/q+1;/p-1. The molecule has 0 spiro atoms. The van der Waals surface area contributed by atoms with E-state index in [1.165, 1.54) is 5.56 Å². The van der Waals surface area contributed by atoms with E-state index in [1.54, 1.807) is 7.11 Å². The molecule has 1 atom stereocenters. The van der Waals surface area contributed by atoms with Crippen molar-refractivity contribution in [3.05, 3.63) is 29.8 Å². The number of methoxy groups -OCH3 is 1. The first-order chi connectivity index (χ1) is 10.1. The molecule has 1 unspecified atom stereocenters. The number of rotatable bonds is 4. The zero-order valence-electron chi connectivity index (χ0n) is 13.8. The molecular formula is C17H27ClN2O2. The van der Waals surface area contributed by atoms with Gasteiger partial charge in [0.1, 0.15) is 12.3 Å². The average Bonchev–Trinajstić information content (AvgIpc) is 2.69. The summed E-state index contributed by atoms with van der Waals surface area (Å²) in [7, 11) is 3.99. The minimum atomic E-state index is 0. The maximum Gasteiger partial charge on any atom is 0.222 e. The number of halogens is 1. The van der Waals surface area contributed by atoms with Crippen LogP contribution in [0.1, 0.15) is 25.3 Å². The molecule has 1 aromatic rings. The predicted octanol–water partition coefficient (Wildman–Crippen LogP) is -0.712. The number of carbonyl (C=O) groups excluding carboxylic acids is 1. The third kappa shape index (κ3) is 4.89. The van der Waals surface area contributed by atoms with Crippen LogP contribution in [-0.4, -0.2) is 55.6 Å². The molecule has 124 valence electrons. The van der Waals surface area contributed by atoms with E-state index in [0.717, 1.165) is 49.4 Å². The highest BCUT2D eigenvalue weighted by Crippen LogP contribution is 2.19. The first kappa shape index (κ1) is 18.8. The molecule has 1 amide bonds. The van der Waals surface area contributed by atoms with Crippen molar-refractivity contribution >= 4 is 5.91 Å². The number of carbonyl (C=O) groups is 1. The largest absolute Gasteiger partial charge is 1.00 e. The fourth-order valence-electron chi connectivity index (χ4n) is 3.03. The maximum absolute atomic E-state index is 11.9. The van der Waals surface area contributed by atoms with Gasteiger partial charge < -0.3 is 26.5 Å². The molecule has 0 bridgehead atoms. The second-order valence-electron chi connectivity index (χ2n) is 6.16. The fourth-order valence-corrected chi connectivity index (χ4v) is 3.03. The van der Waals surface area contributed by atoms with Gasteiger partial charge in [-0.05, 0) is 24.3 Å². The number of benzene rings is 1. The zero-order valence-corrected chi connectivity index (χ0v) is 14.6. The highest BCUT2D eigenvalue weighted by Gasteiger charge is 2.27. The lowest BCUT2D eigenvalue weighted by Gasteiger charge is -2.33. The first-order valence-corrected chi connectivity index (χ1v) is 7.80. The van der Waals surface area contributed by atoms with Crippen LogP contribution in [0.3, 0.4) is 0 Å². The molecule has 4 nitrogen and oxygen atoms in total. The van der Waals surface area contributed by atoms with Crippen LogP contribution in [0, 0.1) is 0 Å². The van der Waals surface area contributed by atoms with Crippen molar-refractivity contribution in [3.63, 3.8) is 0 Å². The number of quaternary nitrogens is 1. The number of hydrogen-bond donors (Lipinski definition) is 0. The van der Waals surface area contributed by atoms with Crippen LogP contribution >= 0.6 is 0 Å². The van der Waals surface area contributed by atoms with Crippen LogP contribution in [0.5, 0.6) is 5.75 Å². The van der Waals surface area contributed by atoms with E-state index in [2.05, 4.69) is 19.2 Å². The summed E-state index contributed by atoms with van der Waals surface area (Å²) in [5.74, 6) is 1.19. The Morgan fingerprint density at radius 2 is 1.91 bits per heavy atom. The molecule has 1 aliphatic heterocycles. The van der Waals surface area contributed by atoms with Crippen LogP contribution in [-0.2, 0) is 11.3 Å². The summed E-state index contributed by atoms with van der Waals surface area (Å²) < 4.78 is 6.21. The maximum atomic E-state index is 11.9. The quantitative estimate of drug-likeness (QED) is 0.684. The molecule has 0 radical (unpaired) electrons. The number of amides is 1. The van der Waals surface area contributed by atoms with Crippen molar-refractivity contribution in [2.45, 2.75) is 26.3 Å². The molecule has 5 heteroatoms. The summed E-state index contributed by atoms with van der Waals surface area (Å²) in [5.41, 5.74) is 1.33. The van der Waals surface area contributed by atoms with Crippen LogP contribution in [0.2, 0.25) is 0 Å². The van der Waals surface area contributed by atoms with Gasteiger partial charge in [-0.1, -0.05) is 6.92 Å². The van der Waals surface area contributed by atoms with E-state index in [4.69, 9.17) is 4.74 Å². The van der Waals surface area contributed by atoms with Crippen molar-refractivity contribution in [2.24, 2.45) is 0 Å². The Labute approximate surface area is 140 Å². The predicted molar refractivity (Wildman–Crippen MR) is 84.1 cm³/mol. The lowest BCUT2D eigenvalue weighted by Crippen LogP contribution is -3.00. The summed E-state index contributed by atoms with van der Waals surface area (Å²) in [6, 6.07) is 8.32. The summed E-state index contributed by atoms with van der Waals surface area (Å²) in [4.78, 5) is 13.9. The topological polar surface area (TPSA) is 29.5 Å². The van der Waals surface area contributed by atoms with Gasteiger partial charge in [-0.3, -0.25) is 4.79 Å². The van der Waals surface area contributed by atoms with Crippen LogP contribution in [0.15, 0.2) is 24.3 Å². The van der Waals surface area contributed by atoms with Crippen LogP contribution < -0.4 is 17.1 Å². The van der Waals surface area contributed by atoms with Crippen molar-refractivity contribution in [1.82, 2.24) is 4.90 Å². The zero-order chi connectivity index (χ0) is 15.3. The average molecular weight is 327 g/mol. The van der Waals surface area contributed by atoms with Gasteiger partial charge in [0.2, 0.25) is 5.91 Å². The van der Waals surface area contributed by atoms with Gasteiger partial charge in [0, 0.05) is 24.9 Å². The summed E-state index contributed by atoms with van der Waals surface area (Å²) in [6.07, 6.45) is 1.70. The summed E-state index contributed by atoms with van der Waals surface area (Å²) >= 11 is 0. The minimum Gasteiger partial charge on any atom is -1.00 e. The lowest BCUT2D eigenvalue weighted by atomic mass is 10.1. The normalized spacial score (nSPS) is 21.7. The van der Waals surface area contributed by atoms with Crippen molar-refractivity contribution in [3.8, 4) is 5.75 Å². The smallest absolute Gasteiger partial charge is 0.222 e. The molecule has 0 saturated carbocycles.